The molecule has 0 aliphatic heterocycles. The van der Waals surface area contributed by atoms with Crippen LogP contribution < -0.4 is 5.32 Å². The lowest BCUT2D eigenvalue weighted by atomic mass is 9.68. The van der Waals surface area contributed by atoms with E-state index in [4.69, 9.17) is 0 Å². The monoisotopic (exact) mass is 682 g/mol. The zero-order valence-corrected chi connectivity index (χ0v) is 33.1. The second kappa shape index (κ2) is 18.8. The molecule has 272 valence electrons. The third-order valence-electron chi connectivity index (χ3n) is 12.2. The summed E-state index contributed by atoms with van der Waals surface area (Å²) in [5.74, 6) is 0. The van der Waals surface area contributed by atoms with Gasteiger partial charge in [0.15, 0.2) is 0 Å². The van der Waals surface area contributed by atoms with Gasteiger partial charge in [0.1, 0.15) is 0 Å². The Morgan fingerprint density at radius 3 is 2.16 bits per heavy atom. The summed E-state index contributed by atoms with van der Waals surface area (Å²) in [4.78, 5) is 0. The zero-order chi connectivity index (χ0) is 36.1. The minimum absolute atomic E-state index is 0.0795. The number of fused-ring (bicyclic) bond motifs is 2. The summed E-state index contributed by atoms with van der Waals surface area (Å²) in [6.45, 7) is 13.9. The maximum Gasteiger partial charge on any atom is 0.0382 e. The molecule has 0 heterocycles. The van der Waals surface area contributed by atoms with Crippen molar-refractivity contribution in [3.63, 3.8) is 0 Å². The van der Waals surface area contributed by atoms with Crippen LogP contribution in [-0.4, -0.2) is 0 Å². The molecular weight excluding hydrogens is 615 g/mol. The molecule has 1 heteroatoms. The highest BCUT2D eigenvalue weighted by Crippen LogP contribution is 2.57. The number of rotatable bonds is 19. The Morgan fingerprint density at radius 2 is 1.53 bits per heavy atom. The molecular formula is C50H67N. The molecule has 0 radical (unpaired) electrons. The van der Waals surface area contributed by atoms with Crippen molar-refractivity contribution >= 4 is 11.3 Å². The summed E-state index contributed by atoms with van der Waals surface area (Å²) >= 11 is 0. The zero-order valence-electron chi connectivity index (χ0n) is 33.1. The molecule has 2 aromatic carbocycles. The fourth-order valence-electron chi connectivity index (χ4n) is 8.52. The quantitative estimate of drug-likeness (QED) is 0.115. The summed E-state index contributed by atoms with van der Waals surface area (Å²) in [6, 6.07) is 16.7. The van der Waals surface area contributed by atoms with Crippen LogP contribution in [0.25, 0.3) is 16.7 Å². The molecule has 3 aliphatic carbocycles. The lowest BCUT2D eigenvalue weighted by Gasteiger charge is -2.35. The highest BCUT2D eigenvalue weighted by atomic mass is 14.9. The first kappa shape index (κ1) is 38.6. The van der Waals surface area contributed by atoms with E-state index in [-0.39, 0.29) is 10.8 Å². The first-order valence-corrected chi connectivity index (χ1v) is 20.7. The standard InChI is InChI=1S/C50H67N/c1-7-12-14-19-35-50(36-20-15-13-8-2)47-37-41(39(22-9-3)23-21-34-49(6,10-4)11-5)28-32-45(47)46-33-29-42(38-48(46)50)40-26-30-44(31-27-40)51-43-24-17-16-18-25-43/h9,16-17,21-24,26-27,29-31,33-34,37-38,51H,7-8,10-15,18-20,25,28,32,35-36H2,1-6H3/b22-9-,34-21+,39-23+. The molecule has 0 atom stereocenters. The second-order valence-electron chi connectivity index (χ2n) is 15.7. The highest BCUT2D eigenvalue weighted by molar-refractivity contribution is 5.86. The van der Waals surface area contributed by atoms with Crippen molar-refractivity contribution in [3.8, 4) is 11.1 Å². The maximum atomic E-state index is 3.65. The molecule has 0 bridgehead atoms. The van der Waals surface area contributed by atoms with Crippen LogP contribution in [0.1, 0.15) is 155 Å². The van der Waals surface area contributed by atoms with Crippen LogP contribution >= 0.6 is 0 Å². The first-order chi connectivity index (χ1) is 24.9. The Hall–Kier alpha value is -3.58. The molecule has 0 amide bonds. The SMILES string of the molecule is C\C=C/C(=C\C=C\C(C)(CC)CC)C1=CC2=C(CC1)c1ccc(-c3ccc(NC4=CC=CCC4)cc3)cc1C2(CCCCCC)CCCCCC. The molecule has 1 nitrogen and oxygen atoms in total. The lowest BCUT2D eigenvalue weighted by molar-refractivity contribution is 0.396. The van der Waals surface area contributed by atoms with Gasteiger partial charge in [0, 0.05) is 16.8 Å². The largest absolute Gasteiger partial charge is 0.359 e. The average Bonchev–Trinajstić information content (AvgIpc) is 3.43. The number of allylic oxidation sites excluding steroid dienone is 14. The molecule has 0 saturated heterocycles. The minimum Gasteiger partial charge on any atom is -0.359 e. The van der Waals surface area contributed by atoms with E-state index in [1.54, 1.807) is 16.7 Å². The van der Waals surface area contributed by atoms with Gasteiger partial charge < -0.3 is 5.32 Å². The number of hydrogen-bond donors (Lipinski definition) is 1. The number of anilines is 1. The Kier molecular flexibility index (Phi) is 14.2. The van der Waals surface area contributed by atoms with Gasteiger partial charge in [0.2, 0.25) is 0 Å². The van der Waals surface area contributed by atoms with E-state index in [1.165, 1.54) is 116 Å². The van der Waals surface area contributed by atoms with E-state index in [2.05, 4.69) is 144 Å². The van der Waals surface area contributed by atoms with Gasteiger partial charge in [-0.3, -0.25) is 0 Å². The van der Waals surface area contributed by atoms with E-state index < -0.39 is 0 Å². The van der Waals surface area contributed by atoms with Gasteiger partial charge in [-0.2, -0.15) is 0 Å². The number of nitrogens with one attached hydrogen (secondary N) is 1. The third kappa shape index (κ3) is 9.46. The molecule has 51 heavy (non-hydrogen) atoms. The van der Waals surface area contributed by atoms with Gasteiger partial charge in [-0.15, -0.1) is 0 Å². The Bertz CT molecular complexity index is 1650. The molecule has 0 fully saturated rings. The van der Waals surface area contributed by atoms with Crippen molar-refractivity contribution in [1.29, 1.82) is 0 Å². The molecule has 0 saturated carbocycles. The Morgan fingerprint density at radius 1 is 0.824 bits per heavy atom. The highest BCUT2D eigenvalue weighted by Gasteiger charge is 2.44. The number of benzene rings is 2. The Balaban J connectivity index is 1.55. The fourth-order valence-corrected chi connectivity index (χ4v) is 8.52. The van der Waals surface area contributed by atoms with Crippen LogP contribution in [0.15, 0.2) is 120 Å². The normalized spacial score (nSPS) is 17.3. The van der Waals surface area contributed by atoms with E-state index >= 15 is 0 Å². The van der Waals surface area contributed by atoms with Crippen molar-refractivity contribution in [2.45, 2.75) is 150 Å². The lowest BCUT2D eigenvalue weighted by Crippen LogP contribution is -2.27. The Labute approximate surface area is 312 Å². The van der Waals surface area contributed by atoms with Gasteiger partial charge in [0.25, 0.3) is 0 Å². The molecule has 0 unspecified atom stereocenters. The topological polar surface area (TPSA) is 12.0 Å². The van der Waals surface area contributed by atoms with Crippen molar-refractivity contribution in [1.82, 2.24) is 0 Å². The summed E-state index contributed by atoms with van der Waals surface area (Å²) in [6.07, 6.45) is 40.7. The van der Waals surface area contributed by atoms with E-state index in [1.807, 2.05) is 0 Å². The van der Waals surface area contributed by atoms with E-state index in [0.717, 1.165) is 25.7 Å². The first-order valence-electron chi connectivity index (χ1n) is 20.7. The summed E-state index contributed by atoms with van der Waals surface area (Å²) in [7, 11) is 0. The smallest absolute Gasteiger partial charge is 0.0382 e. The molecule has 3 aliphatic rings. The van der Waals surface area contributed by atoms with Crippen molar-refractivity contribution in [2.24, 2.45) is 5.41 Å². The number of unbranched alkanes of at least 4 members (excludes halogenated alkanes) is 6. The van der Waals surface area contributed by atoms with E-state index in [0.29, 0.717) is 0 Å². The van der Waals surface area contributed by atoms with Crippen LogP contribution in [0.3, 0.4) is 0 Å². The molecule has 5 rings (SSSR count). The average molecular weight is 682 g/mol. The van der Waals surface area contributed by atoms with Crippen LogP contribution in [-0.2, 0) is 5.41 Å². The van der Waals surface area contributed by atoms with Crippen LogP contribution in [0.4, 0.5) is 5.69 Å². The van der Waals surface area contributed by atoms with Crippen molar-refractivity contribution < 1.29 is 0 Å². The van der Waals surface area contributed by atoms with Gasteiger partial charge in [-0.25, -0.2) is 0 Å². The van der Waals surface area contributed by atoms with Gasteiger partial charge in [-0.05, 0) is 133 Å². The van der Waals surface area contributed by atoms with E-state index in [9.17, 15) is 0 Å². The van der Waals surface area contributed by atoms with Gasteiger partial charge >= 0.3 is 0 Å². The molecule has 0 aromatic heterocycles. The van der Waals surface area contributed by atoms with Gasteiger partial charge in [-0.1, -0.05) is 159 Å². The maximum absolute atomic E-state index is 3.65. The molecule has 2 aromatic rings. The summed E-state index contributed by atoms with van der Waals surface area (Å²) < 4.78 is 0. The second-order valence-corrected chi connectivity index (χ2v) is 15.7. The summed E-state index contributed by atoms with van der Waals surface area (Å²) in [5.41, 5.74) is 14.8. The fraction of sp³-hybridized carbons (Fsp3) is 0.480. The van der Waals surface area contributed by atoms with Crippen LogP contribution in [0.2, 0.25) is 0 Å². The van der Waals surface area contributed by atoms with Crippen LogP contribution in [0, 0.1) is 5.41 Å². The number of hydrogen-bond acceptors (Lipinski definition) is 1. The predicted molar refractivity (Wildman–Crippen MR) is 226 cm³/mol. The summed E-state index contributed by atoms with van der Waals surface area (Å²) in [5, 5.41) is 3.65. The third-order valence-corrected chi connectivity index (χ3v) is 12.2. The van der Waals surface area contributed by atoms with Crippen molar-refractivity contribution in [3.05, 3.63) is 131 Å². The van der Waals surface area contributed by atoms with Crippen LogP contribution in [0.5, 0.6) is 0 Å². The van der Waals surface area contributed by atoms with Crippen molar-refractivity contribution in [2.75, 3.05) is 5.32 Å². The van der Waals surface area contributed by atoms with Gasteiger partial charge in [0.05, 0.1) is 0 Å². The molecule has 0 spiro atoms. The predicted octanol–water partition coefficient (Wildman–Crippen LogP) is 15.6. The minimum atomic E-state index is 0.0795. The molecule has 1 N–H and O–H groups in total.